The van der Waals surface area contributed by atoms with Gasteiger partial charge in [-0.05, 0) is 34.0 Å². The van der Waals surface area contributed by atoms with Crippen molar-refractivity contribution in [3.05, 3.63) is 21.9 Å². The normalized spacial score (nSPS) is 21.0. The lowest BCUT2D eigenvalue weighted by Gasteiger charge is -2.39. The zero-order valence-corrected chi connectivity index (χ0v) is 12.3. The second-order valence-electron chi connectivity index (χ2n) is 4.55. The molecule has 2 rings (SSSR count). The van der Waals surface area contributed by atoms with Crippen LogP contribution in [0.3, 0.4) is 0 Å². The molecule has 2 heterocycles. The summed E-state index contributed by atoms with van der Waals surface area (Å²) in [6.45, 7) is 6.86. The van der Waals surface area contributed by atoms with Gasteiger partial charge in [-0.1, -0.05) is 25.4 Å². The molecular weight excluding hydrogens is 304 g/mol. The van der Waals surface area contributed by atoms with E-state index in [1.807, 2.05) is 12.1 Å². The number of ether oxygens (including phenoxy) is 1. The van der Waals surface area contributed by atoms with Gasteiger partial charge in [0, 0.05) is 12.2 Å². The molecule has 5 heteroatoms. The van der Waals surface area contributed by atoms with Crippen molar-refractivity contribution in [2.75, 3.05) is 24.7 Å². The number of morpholine rings is 1. The van der Waals surface area contributed by atoms with Crippen molar-refractivity contribution >= 4 is 33.2 Å². The monoisotopic (exact) mass is 318 g/mol. The Morgan fingerprint density at radius 3 is 2.94 bits per heavy atom. The predicted molar refractivity (Wildman–Crippen MR) is 73.7 cm³/mol. The molecule has 0 radical (unpaired) electrons. The summed E-state index contributed by atoms with van der Waals surface area (Å²) in [5, 5.41) is 0.517. The van der Waals surface area contributed by atoms with Crippen LogP contribution in [0.2, 0.25) is 5.15 Å². The largest absolute Gasteiger partial charge is 0.377 e. The van der Waals surface area contributed by atoms with Gasteiger partial charge < -0.3 is 9.64 Å². The van der Waals surface area contributed by atoms with Crippen molar-refractivity contribution in [3.63, 3.8) is 0 Å². The van der Waals surface area contributed by atoms with Crippen LogP contribution in [0.25, 0.3) is 0 Å². The van der Waals surface area contributed by atoms with E-state index in [1.165, 1.54) is 0 Å². The lowest BCUT2D eigenvalue weighted by molar-refractivity contribution is 0.0806. The third-order valence-electron chi connectivity index (χ3n) is 3.01. The standard InChI is InChI=1S/C12H16BrClN2O/c1-8(2)10-7-17-4-3-16(10)9-5-11(13)15-12(14)6-9/h5-6,8,10H,3-4,7H2,1-2H3. The van der Waals surface area contributed by atoms with Gasteiger partial charge in [-0.15, -0.1) is 0 Å². The van der Waals surface area contributed by atoms with Gasteiger partial charge in [-0.3, -0.25) is 0 Å². The quantitative estimate of drug-likeness (QED) is 0.782. The molecule has 1 unspecified atom stereocenters. The minimum absolute atomic E-state index is 0.397. The molecule has 0 saturated carbocycles. The fourth-order valence-corrected chi connectivity index (χ4v) is 2.84. The Hall–Kier alpha value is -0.320. The lowest BCUT2D eigenvalue weighted by atomic mass is 10.0. The summed E-state index contributed by atoms with van der Waals surface area (Å²) in [5.74, 6) is 0.543. The molecular formula is C12H16BrClN2O. The average Bonchev–Trinajstić information content (AvgIpc) is 2.27. The molecule has 0 spiro atoms. The van der Waals surface area contributed by atoms with Crippen LogP contribution >= 0.6 is 27.5 Å². The van der Waals surface area contributed by atoms with Crippen LogP contribution in [-0.4, -0.2) is 30.8 Å². The van der Waals surface area contributed by atoms with Gasteiger partial charge in [0.25, 0.3) is 0 Å². The number of hydrogen-bond acceptors (Lipinski definition) is 3. The third kappa shape index (κ3) is 3.12. The van der Waals surface area contributed by atoms with Gasteiger partial charge in [0.1, 0.15) is 9.76 Å². The third-order valence-corrected chi connectivity index (χ3v) is 3.61. The smallest absolute Gasteiger partial charge is 0.132 e. The number of hydrogen-bond donors (Lipinski definition) is 0. The number of aromatic nitrogens is 1. The zero-order valence-electron chi connectivity index (χ0n) is 9.99. The Labute approximate surface area is 115 Å². The summed E-state index contributed by atoms with van der Waals surface area (Å²) < 4.78 is 6.33. The number of nitrogens with zero attached hydrogens (tertiary/aromatic N) is 2. The van der Waals surface area contributed by atoms with Crippen molar-refractivity contribution in [3.8, 4) is 0 Å². The van der Waals surface area contributed by atoms with Crippen LogP contribution in [0.1, 0.15) is 13.8 Å². The summed E-state index contributed by atoms with van der Waals surface area (Å²) in [6.07, 6.45) is 0. The highest BCUT2D eigenvalue weighted by atomic mass is 79.9. The second-order valence-corrected chi connectivity index (χ2v) is 5.75. The van der Waals surface area contributed by atoms with E-state index in [1.54, 1.807) is 0 Å². The fourth-order valence-electron chi connectivity index (χ4n) is 2.11. The van der Waals surface area contributed by atoms with E-state index < -0.39 is 0 Å². The van der Waals surface area contributed by atoms with Crippen LogP contribution in [0, 0.1) is 5.92 Å². The molecule has 1 aliphatic heterocycles. The molecule has 1 saturated heterocycles. The van der Waals surface area contributed by atoms with E-state index in [-0.39, 0.29) is 0 Å². The van der Waals surface area contributed by atoms with E-state index >= 15 is 0 Å². The first kappa shape index (κ1) is 13.1. The van der Waals surface area contributed by atoms with Crippen molar-refractivity contribution in [1.29, 1.82) is 0 Å². The molecule has 0 aliphatic carbocycles. The van der Waals surface area contributed by atoms with Gasteiger partial charge in [-0.25, -0.2) is 4.98 Å². The molecule has 1 aromatic rings. The van der Waals surface area contributed by atoms with Crippen LogP contribution in [0.4, 0.5) is 5.69 Å². The number of pyridine rings is 1. The minimum atomic E-state index is 0.397. The molecule has 94 valence electrons. The molecule has 0 amide bonds. The predicted octanol–water partition coefficient (Wildman–Crippen LogP) is 3.36. The van der Waals surface area contributed by atoms with Crippen LogP contribution in [-0.2, 0) is 4.74 Å². The number of anilines is 1. The van der Waals surface area contributed by atoms with E-state index in [9.17, 15) is 0 Å². The van der Waals surface area contributed by atoms with Crippen molar-refractivity contribution in [2.45, 2.75) is 19.9 Å². The summed E-state index contributed by atoms with van der Waals surface area (Å²) in [7, 11) is 0. The Balaban J connectivity index is 2.29. The number of halogens is 2. The molecule has 3 nitrogen and oxygen atoms in total. The van der Waals surface area contributed by atoms with Crippen molar-refractivity contribution in [2.24, 2.45) is 5.92 Å². The van der Waals surface area contributed by atoms with Gasteiger partial charge in [0.05, 0.1) is 19.3 Å². The topological polar surface area (TPSA) is 25.4 Å². The van der Waals surface area contributed by atoms with Crippen LogP contribution < -0.4 is 4.90 Å². The van der Waals surface area contributed by atoms with E-state index in [4.69, 9.17) is 16.3 Å². The maximum atomic E-state index is 6.00. The van der Waals surface area contributed by atoms with E-state index in [2.05, 4.69) is 39.7 Å². The molecule has 1 atom stereocenters. The first-order valence-electron chi connectivity index (χ1n) is 5.75. The highest BCUT2D eigenvalue weighted by Crippen LogP contribution is 2.27. The van der Waals surface area contributed by atoms with E-state index in [0.29, 0.717) is 17.1 Å². The molecule has 1 aromatic heterocycles. The summed E-state index contributed by atoms with van der Waals surface area (Å²) >= 11 is 9.38. The summed E-state index contributed by atoms with van der Waals surface area (Å²) in [5.41, 5.74) is 1.11. The maximum absolute atomic E-state index is 6.00. The average molecular weight is 320 g/mol. The fraction of sp³-hybridized carbons (Fsp3) is 0.583. The summed E-state index contributed by atoms with van der Waals surface area (Å²) in [6, 6.07) is 4.31. The molecule has 1 aliphatic rings. The maximum Gasteiger partial charge on any atom is 0.132 e. The lowest BCUT2D eigenvalue weighted by Crippen LogP contribution is -2.48. The van der Waals surface area contributed by atoms with Gasteiger partial charge in [0.15, 0.2) is 0 Å². The Bertz CT molecular complexity index is 380. The summed E-state index contributed by atoms with van der Waals surface area (Å²) in [4.78, 5) is 6.48. The first-order valence-corrected chi connectivity index (χ1v) is 6.92. The molecule has 1 fully saturated rings. The molecule has 0 bridgehead atoms. The van der Waals surface area contributed by atoms with E-state index in [0.717, 1.165) is 30.0 Å². The van der Waals surface area contributed by atoms with Crippen LogP contribution in [0.5, 0.6) is 0 Å². The van der Waals surface area contributed by atoms with Gasteiger partial charge in [0.2, 0.25) is 0 Å². The Kier molecular flexibility index (Phi) is 4.28. The first-order chi connectivity index (χ1) is 8.08. The van der Waals surface area contributed by atoms with Crippen molar-refractivity contribution in [1.82, 2.24) is 4.98 Å². The molecule has 17 heavy (non-hydrogen) atoms. The molecule has 0 N–H and O–H groups in total. The Morgan fingerprint density at radius 1 is 1.53 bits per heavy atom. The van der Waals surface area contributed by atoms with Crippen molar-refractivity contribution < 1.29 is 4.74 Å². The zero-order chi connectivity index (χ0) is 12.4. The number of rotatable bonds is 2. The van der Waals surface area contributed by atoms with Crippen LogP contribution in [0.15, 0.2) is 16.7 Å². The second kappa shape index (κ2) is 5.55. The molecule has 0 aromatic carbocycles. The Morgan fingerprint density at radius 2 is 2.29 bits per heavy atom. The van der Waals surface area contributed by atoms with Gasteiger partial charge >= 0.3 is 0 Å². The highest BCUT2D eigenvalue weighted by molar-refractivity contribution is 9.10. The van der Waals surface area contributed by atoms with Gasteiger partial charge in [-0.2, -0.15) is 0 Å². The SMILES string of the molecule is CC(C)C1COCCN1c1cc(Cl)nc(Br)c1. The highest BCUT2D eigenvalue weighted by Gasteiger charge is 2.26. The minimum Gasteiger partial charge on any atom is -0.377 e.